The molecule has 101 heavy (non-hydrogen) atoms. The van der Waals surface area contributed by atoms with Gasteiger partial charge < -0.3 is 71.9 Å². The maximum atomic E-state index is 14.8. The number of carboxylic acids is 1. The molecule has 2 aromatic carbocycles. The van der Waals surface area contributed by atoms with E-state index in [1.807, 2.05) is 32.0 Å². The first kappa shape index (κ1) is 85.5. The highest BCUT2D eigenvalue weighted by Crippen LogP contribution is 2.32. The molecule has 28 nitrogen and oxygen atoms in total. The number of likely N-dealkylation sites (tertiary alicyclic amines) is 2. The Morgan fingerprint density at radius 3 is 1.98 bits per heavy atom. The fourth-order valence-corrected chi connectivity index (χ4v) is 14.0. The quantitative estimate of drug-likeness (QED) is 0.0283. The number of carboxylic acid groups (broad SMARTS) is 1. The van der Waals surface area contributed by atoms with Crippen LogP contribution in [0, 0.1) is 35.5 Å². The van der Waals surface area contributed by atoms with Crippen LogP contribution < -0.4 is 37.6 Å². The Hall–Kier alpha value is -7.89. The minimum atomic E-state index is -1.14. The van der Waals surface area contributed by atoms with Gasteiger partial charge >= 0.3 is 18.1 Å². The molecule has 0 aromatic heterocycles. The number of aliphatic hydroxyl groups is 1. The van der Waals surface area contributed by atoms with Crippen molar-refractivity contribution in [2.75, 3.05) is 59.0 Å². The van der Waals surface area contributed by atoms with E-state index in [4.69, 9.17) is 19.9 Å². The van der Waals surface area contributed by atoms with Crippen LogP contribution >= 0.6 is 11.8 Å². The Kier molecular flexibility index (Phi) is 35.5. The van der Waals surface area contributed by atoms with Gasteiger partial charge in [0.25, 0.3) is 0 Å². The third kappa shape index (κ3) is 25.5. The van der Waals surface area contributed by atoms with Gasteiger partial charge in [0.1, 0.15) is 30.8 Å². The zero-order valence-corrected chi connectivity index (χ0v) is 62.4. The number of nitrogens with zero attached hydrogens (tertiary/aromatic N) is 4. The molecular weight excluding hydrogens is 1320 g/mol. The summed E-state index contributed by atoms with van der Waals surface area (Å²) in [7, 11) is 6.06. The number of amides is 12. The Morgan fingerprint density at radius 1 is 0.743 bits per heavy atom. The molecule has 12 amide bonds. The van der Waals surface area contributed by atoms with Crippen molar-refractivity contribution in [3.8, 4) is 0 Å². The predicted molar refractivity (Wildman–Crippen MR) is 382 cm³/mol. The summed E-state index contributed by atoms with van der Waals surface area (Å²) in [5.74, 6) is -7.58. The second-order valence-corrected chi connectivity index (χ2v) is 29.0. The van der Waals surface area contributed by atoms with E-state index in [2.05, 4.69) is 31.9 Å². The number of likely N-dealkylation sites (N-methyl/N-ethyl adjacent to an activating group) is 2. The zero-order valence-electron chi connectivity index (χ0n) is 61.6. The van der Waals surface area contributed by atoms with E-state index >= 15 is 0 Å². The van der Waals surface area contributed by atoms with Crippen molar-refractivity contribution in [2.24, 2.45) is 41.2 Å². The zero-order chi connectivity index (χ0) is 75.5. The average Bonchev–Trinajstić information content (AvgIpc) is 1.80. The van der Waals surface area contributed by atoms with Crippen molar-refractivity contribution in [1.82, 2.24) is 46.2 Å². The molecule has 14 atom stereocenters. The number of nitrogens with two attached hydrogens (primary N) is 1. The van der Waals surface area contributed by atoms with Crippen LogP contribution in [0.25, 0.3) is 0 Å². The molecule has 4 rings (SSSR count). The number of rotatable bonds is 42. The van der Waals surface area contributed by atoms with Gasteiger partial charge in [-0.05, 0) is 92.4 Å². The van der Waals surface area contributed by atoms with E-state index in [-0.39, 0.29) is 87.1 Å². The molecule has 2 fully saturated rings. The van der Waals surface area contributed by atoms with Crippen LogP contribution in [0.2, 0.25) is 0 Å². The molecule has 564 valence electrons. The van der Waals surface area contributed by atoms with Crippen LogP contribution in [-0.2, 0) is 68.8 Å². The Labute approximate surface area is 599 Å². The van der Waals surface area contributed by atoms with Gasteiger partial charge in [-0.3, -0.25) is 57.7 Å². The lowest BCUT2D eigenvalue weighted by Crippen LogP contribution is -2.60. The molecule has 10 N–H and O–H groups in total. The van der Waals surface area contributed by atoms with Gasteiger partial charge in [-0.1, -0.05) is 125 Å². The molecule has 0 bridgehead atoms. The minimum absolute atomic E-state index is 0.00117. The summed E-state index contributed by atoms with van der Waals surface area (Å²) in [6, 6.07) is 8.57. The van der Waals surface area contributed by atoms with Crippen molar-refractivity contribution in [1.29, 1.82) is 0 Å². The third-order valence-corrected chi connectivity index (χ3v) is 20.5. The van der Waals surface area contributed by atoms with Crippen molar-refractivity contribution >= 4 is 88.7 Å². The second kappa shape index (κ2) is 41.9. The number of carbonyl (C=O) groups excluding carboxylic acids is 11. The lowest BCUT2D eigenvalue weighted by Gasteiger charge is -2.41. The Balaban J connectivity index is 1.35. The van der Waals surface area contributed by atoms with Gasteiger partial charge in [-0.2, -0.15) is 0 Å². The van der Waals surface area contributed by atoms with Gasteiger partial charge in [0.2, 0.25) is 53.2 Å². The lowest BCUT2D eigenvalue weighted by molar-refractivity contribution is -0.148. The summed E-state index contributed by atoms with van der Waals surface area (Å²) in [4.78, 5) is 166. The van der Waals surface area contributed by atoms with Crippen LogP contribution in [-0.4, -0.2) is 215 Å². The molecule has 0 spiro atoms. The standard InChI is InChI=1S/C72H113N11O17S/c1-16-44(8)61(53(98-14)37-56(85)82-36-24-28-52(82)63(99-15)46(10)64(88)75-47(11)62(87)49-25-19-17-20-26-49)80(12)69(93)59(42(4)5)79-67(91)60(43(6)7)81(13)72(97)100-39-48-30-32-50(33-31-48)76-65(89)51(27-23-34-74-71(73)96)77-66(90)58(41(2)3)78-55(84)29-21-18-22-35-83-57(86)38-54(68(83)92)101-40-45(9)70(94)95/h17,19-20,25-26,30-33,41-47,51-54,58-63,87H,16,18,21-24,27-29,34-40H2,1-15H3,(H,75,88)(H,76,89)(H,77,90)(H,78,84)(H,79,91)(H,94,95)(H3,73,74,96)/t44-,45+,46+,47-,51+,52-,53+,54?,58?,59+,60-,61-,62-,63+/m1/s1. The van der Waals surface area contributed by atoms with E-state index in [9.17, 15) is 67.7 Å². The van der Waals surface area contributed by atoms with Gasteiger partial charge in [0, 0.05) is 72.2 Å². The highest BCUT2D eigenvalue weighted by Gasteiger charge is 2.45. The summed E-state index contributed by atoms with van der Waals surface area (Å²) in [5, 5.41) is 36.2. The number of thioether (sulfide) groups is 1. The number of methoxy groups -OCH3 is 2. The predicted octanol–water partition coefficient (Wildman–Crippen LogP) is 5.73. The summed E-state index contributed by atoms with van der Waals surface area (Å²) >= 11 is 1.15. The first-order chi connectivity index (χ1) is 47.7. The number of nitrogens with one attached hydrogen (secondary N) is 6. The number of imide groups is 1. The van der Waals surface area contributed by atoms with E-state index in [0.29, 0.717) is 61.9 Å². The van der Waals surface area contributed by atoms with Gasteiger partial charge in [-0.25, -0.2) is 9.59 Å². The van der Waals surface area contributed by atoms with Crippen LogP contribution in [0.4, 0.5) is 15.3 Å². The molecular formula is C72H113N11O17S. The molecule has 2 aliphatic rings. The van der Waals surface area contributed by atoms with Crippen molar-refractivity contribution in [3.05, 3.63) is 65.7 Å². The number of unbranched alkanes of at least 4 members (excludes halogenated alkanes) is 2. The van der Waals surface area contributed by atoms with Crippen molar-refractivity contribution < 1.29 is 82.0 Å². The molecule has 0 radical (unpaired) electrons. The summed E-state index contributed by atoms with van der Waals surface area (Å²) in [5.41, 5.74) is 6.76. The number of hydrogen-bond acceptors (Lipinski definition) is 17. The largest absolute Gasteiger partial charge is 0.481 e. The highest BCUT2D eigenvalue weighted by molar-refractivity contribution is 8.00. The molecule has 2 heterocycles. The van der Waals surface area contributed by atoms with Crippen molar-refractivity contribution in [2.45, 2.75) is 219 Å². The molecule has 2 unspecified atom stereocenters. The molecule has 2 saturated heterocycles. The number of hydrogen-bond donors (Lipinski definition) is 9. The number of carbonyl (C=O) groups is 12. The summed E-state index contributed by atoms with van der Waals surface area (Å²) in [6.07, 6.45) is 0.186. The fraction of sp³-hybridized carbons (Fsp3) is 0.667. The summed E-state index contributed by atoms with van der Waals surface area (Å²) in [6.45, 7) is 20.0. The Morgan fingerprint density at radius 2 is 1.40 bits per heavy atom. The first-order valence-electron chi connectivity index (χ1n) is 35.3. The second-order valence-electron chi connectivity index (χ2n) is 27.8. The molecule has 29 heteroatoms. The Bertz CT molecular complexity index is 3090. The van der Waals surface area contributed by atoms with E-state index < -0.39 is 143 Å². The van der Waals surface area contributed by atoms with Crippen LogP contribution in [0.1, 0.15) is 164 Å². The van der Waals surface area contributed by atoms with Gasteiger partial charge in [0.05, 0.1) is 59.9 Å². The van der Waals surface area contributed by atoms with Gasteiger partial charge in [0.15, 0.2) is 0 Å². The number of primary amides is 1. The number of urea groups is 1. The van der Waals surface area contributed by atoms with Crippen LogP contribution in [0.3, 0.4) is 0 Å². The van der Waals surface area contributed by atoms with Crippen LogP contribution in [0.15, 0.2) is 54.6 Å². The molecule has 0 saturated carbocycles. The lowest BCUT2D eigenvalue weighted by atomic mass is 9.89. The smallest absolute Gasteiger partial charge is 0.410 e. The fourth-order valence-electron chi connectivity index (χ4n) is 12.8. The molecule has 2 aromatic rings. The number of benzene rings is 2. The van der Waals surface area contributed by atoms with Crippen molar-refractivity contribution in [3.63, 3.8) is 0 Å². The highest BCUT2D eigenvalue weighted by atomic mass is 32.2. The number of ether oxygens (including phenoxy) is 3. The van der Waals surface area contributed by atoms with E-state index in [0.717, 1.165) is 11.8 Å². The minimum Gasteiger partial charge on any atom is -0.481 e. The third-order valence-electron chi connectivity index (χ3n) is 19.0. The summed E-state index contributed by atoms with van der Waals surface area (Å²) < 4.78 is 17.8. The van der Waals surface area contributed by atoms with E-state index in [1.165, 1.54) is 38.0 Å². The first-order valence-corrected chi connectivity index (χ1v) is 36.3. The maximum absolute atomic E-state index is 14.8. The van der Waals surface area contributed by atoms with E-state index in [1.54, 1.807) is 109 Å². The number of aliphatic hydroxyl groups excluding tert-OH is 1. The molecule has 0 aliphatic carbocycles. The van der Waals surface area contributed by atoms with Gasteiger partial charge in [-0.15, -0.1) is 11.8 Å². The average molecular weight is 1440 g/mol. The normalized spacial score (nSPS) is 18.2. The number of aliphatic carboxylic acids is 1. The monoisotopic (exact) mass is 1440 g/mol. The molecule has 2 aliphatic heterocycles. The topological polar surface area (TPSA) is 384 Å². The SMILES string of the molecule is CC[C@@H](C)[C@H]([C@H](CC(=O)N1CCC[C@@H]1[C@@H](OC)[C@H](C)C(=O)N[C@H](C)[C@@H](O)c1ccccc1)OC)N(C)C(=O)[C@@H](NC(=O)[C@@H](C(C)C)N(C)C(=O)OCc1ccc(NC(=O)[C@H](CCCNC(N)=O)NC(=O)C(NC(=O)CCCCCN2C(=O)CC(SC[C@H](C)C(=O)O)C2=O)C(C)C)cc1)C(C)C. The maximum Gasteiger partial charge on any atom is 0.410 e. The van der Waals surface area contributed by atoms with Crippen LogP contribution in [0.5, 0.6) is 0 Å². The number of anilines is 1.